The Morgan fingerprint density at radius 1 is 1.44 bits per heavy atom. The van der Waals surface area contributed by atoms with Gasteiger partial charge in [0.15, 0.2) is 0 Å². The maximum atomic E-state index is 12.2. The molecular weight excluding hydrogens is 254 g/mol. The van der Waals surface area contributed by atoms with Crippen LogP contribution < -0.4 is 0 Å². The van der Waals surface area contributed by atoms with Crippen molar-refractivity contribution in [1.82, 2.24) is 4.90 Å². The summed E-state index contributed by atoms with van der Waals surface area (Å²) in [5.41, 5.74) is 0.469. The molecule has 1 N–H and O–H groups in total. The van der Waals surface area contributed by atoms with Crippen LogP contribution in [0.4, 0.5) is 0 Å². The molecule has 1 aromatic rings. The van der Waals surface area contributed by atoms with Gasteiger partial charge in [-0.3, -0.25) is 4.79 Å². The summed E-state index contributed by atoms with van der Waals surface area (Å²) in [5, 5.41) is 9.50. The molecule has 18 heavy (non-hydrogen) atoms. The van der Waals surface area contributed by atoms with Gasteiger partial charge in [-0.15, -0.1) is 0 Å². The first-order valence-electron chi connectivity index (χ1n) is 5.95. The molecule has 0 unspecified atom stereocenters. The third-order valence-corrected chi connectivity index (χ3v) is 2.88. The molecule has 0 bridgehead atoms. The van der Waals surface area contributed by atoms with E-state index in [-0.39, 0.29) is 16.7 Å². The van der Waals surface area contributed by atoms with Crippen LogP contribution in [0.15, 0.2) is 18.2 Å². The van der Waals surface area contributed by atoms with Gasteiger partial charge in [-0.25, -0.2) is 0 Å². The van der Waals surface area contributed by atoms with Crippen molar-refractivity contribution in [3.8, 4) is 5.75 Å². The molecule has 0 saturated carbocycles. The molecule has 0 heterocycles. The van der Waals surface area contributed by atoms with Crippen LogP contribution in [0.5, 0.6) is 5.75 Å². The van der Waals surface area contributed by atoms with Crippen molar-refractivity contribution < 1.29 is 14.6 Å². The summed E-state index contributed by atoms with van der Waals surface area (Å²) in [5.74, 6) is -0.135. The van der Waals surface area contributed by atoms with Crippen molar-refractivity contribution >= 4 is 17.5 Å². The molecule has 1 amide bonds. The second kappa shape index (κ2) is 7.24. The maximum absolute atomic E-state index is 12.2. The number of amides is 1. The van der Waals surface area contributed by atoms with Gasteiger partial charge in [-0.2, -0.15) is 0 Å². The van der Waals surface area contributed by atoms with E-state index in [0.29, 0.717) is 31.9 Å². The third kappa shape index (κ3) is 3.89. The highest BCUT2D eigenvalue weighted by Gasteiger charge is 2.15. The summed E-state index contributed by atoms with van der Waals surface area (Å²) in [6.45, 7) is 6.12. The monoisotopic (exact) mass is 271 g/mol. The average molecular weight is 272 g/mol. The van der Waals surface area contributed by atoms with E-state index in [9.17, 15) is 9.90 Å². The Hall–Kier alpha value is -1.26. The van der Waals surface area contributed by atoms with E-state index in [4.69, 9.17) is 16.3 Å². The van der Waals surface area contributed by atoms with Crippen LogP contribution in [0.2, 0.25) is 5.02 Å². The molecule has 0 spiro atoms. The number of phenols is 1. The molecule has 5 heteroatoms. The number of hydrogen-bond donors (Lipinski definition) is 1. The molecule has 100 valence electrons. The SMILES string of the molecule is CCOCCN(CC)C(=O)c1ccc(O)c(Cl)c1. The number of aromatic hydroxyl groups is 1. The summed E-state index contributed by atoms with van der Waals surface area (Å²) >= 11 is 5.79. The number of rotatable bonds is 6. The molecule has 0 radical (unpaired) electrons. The molecule has 0 saturated heterocycles. The minimum absolute atomic E-state index is 0.0226. The van der Waals surface area contributed by atoms with E-state index in [0.717, 1.165) is 0 Å². The van der Waals surface area contributed by atoms with Crippen molar-refractivity contribution in [3.63, 3.8) is 0 Å². The van der Waals surface area contributed by atoms with Gasteiger partial charge in [-0.1, -0.05) is 11.6 Å². The van der Waals surface area contributed by atoms with Crippen molar-refractivity contribution in [2.45, 2.75) is 13.8 Å². The van der Waals surface area contributed by atoms with E-state index in [1.54, 1.807) is 11.0 Å². The first-order valence-corrected chi connectivity index (χ1v) is 6.33. The third-order valence-electron chi connectivity index (χ3n) is 2.57. The van der Waals surface area contributed by atoms with Gasteiger partial charge >= 0.3 is 0 Å². The number of carbonyl (C=O) groups excluding carboxylic acids is 1. The summed E-state index contributed by atoms with van der Waals surface area (Å²) in [6, 6.07) is 4.46. The number of hydrogen-bond acceptors (Lipinski definition) is 3. The van der Waals surface area contributed by atoms with Gasteiger partial charge in [0, 0.05) is 25.3 Å². The highest BCUT2D eigenvalue weighted by Crippen LogP contribution is 2.24. The Labute approximate surface area is 112 Å². The second-order valence-corrected chi connectivity index (χ2v) is 4.16. The lowest BCUT2D eigenvalue weighted by Gasteiger charge is -2.20. The zero-order chi connectivity index (χ0) is 13.5. The zero-order valence-electron chi connectivity index (χ0n) is 10.6. The van der Waals surface area contributed by atoms with Crippen molar-refractivity contribution in [3.05, 3.63) is 28.8 Å². The summed E-state index contributed by atoms with van der Waals surface area (Å²) in [7, 11) is 0. The van der Waals surface area contributed by atoms with Crippen molar-refractivity contribution in [2.24, 2.45) is 0 Å². The lowest BCUT2D eigenvalue weighted by Crippen LogP contribution is -2.33. The van der Waals surface area contributed by atoms with Gasteiger partial charge in [0.2, 0.25) is 0 Å². The standard InChI is InChI=1S/C13H18ClNO3/c1-3-15(7-8-18-4-2)13(17)10-5-6-12(16)11(14)9-10/h5-6,9,16H,3-4,7-8H2,1-2H3. The van der Waals surface area contributed by atoms with E-state index >= 15 is 0 Å². The lowest BCUT2D eigenvalue weighted by atomic mass is 10.2. The minimum Gasteiger partial charge on any atom is -0.506 e. The Morgan fingerprint density at radius 3 is 2.72 bits per heavy atom. The van der Waals surface area contributed by atoms with Crippen LogP contribution in [-0.2, 0) is 4.74 Å². The van der Waals surface area contributed by atoms with Gasteiger partial charge in [-0.05, 0) is 32.0 Å². The van der Waals surface area contributed by atoms with Gasteiger partial charge in [0.1, 0.15) is 5.75 Å². The first-order chi connectivity index (χ1) is 8.60. The van der Waals surface area contributed by atoms with Crippen LogP contribution in [0.25, 0.3) is 0 Å². The van der Waals surface area contributed by atoms with Gasteiger partial charge in [0.05, 0.1) is 11.6 Å². The predicted molar refractivity (Wildman–Crippen MR) is 71.2 cm³/mol. The van der Waals surface area contributed by atoms with E-state index in [1.165, 1.54) is 12.1 Å². The average Bonchev–Trinajstić information content (AvgIpc) is 2.37. The Bertz CT molecular complexity index is 409. The number of likely N-dealkylation sites (N-methyl/N-ethyl adjacent to an activating group) is 1. The van der Waals surface area contributed by atoms with Crippen LogP contribution in [0.1, 0.15) is 24.2 Å². The molecular formula is C13H18ClNO3. The first kappa shape index (κ1) is 14.8. The van der Waals surface area contributed by atoms with Crippen molar-refractivity contribution in [1.29, 1.82) is 0 Å². The fourth-order valence-corrected chi connectivity index (χ4v) is 1.73. The molecule has 0 aliphatic heterocycles. The predicted octanol–water partition coefficient (Wildman–Crippen LogP) is 2.54. The molecule has 0 fully saturated rings. The number of phenolic OH excluding ortho intramolecular Hbond substituents is 1. The second-order valence-electron chi connectivity index (χ2n) is 3.75. The smallest absolute Gasteiger partial charge is 0.253 e. The maximum Gasteiger partial charge on any atom is 0.253 e. The van der Waals surface area contributed by atoms with E-state index in [2.05, 4.69) is 0 Å². The molecule has 1 rings (SSSR count). The number of benzene rings is 1. The summed E-state index contributed by atoms with van der Waals surface area (Å²) < 4.78 is 5.23. The van der Waals surface area contributed by atoms with Crippen LogP contribution in [-0.4, -0.2) is 42.2 Å². The van der Waals surface area contributed by atoms with Crippen LogP contribution in [0, 0.1) is 0 Å². The highest BCUT2D eigenvalue weighted by molar-refractivity contribution is 6.32. The molecule has 0 atom stereocenters. The topological polar surface area (TPSA) is 49.8 Å². The quantitative estimate of drug-likeness (QED) is 0.809. The molecule has 1 aromatic carbocycles. The number of nitrogens with zero attached hydrogens (tertiary/aromatic N) is 1. The molecule has 0 aromatic heterocycles. The fourth-order valence-electron chi connectivity index (χ4n) is 1.54. The molecule has 0 aliphatic rings. The van der Waals surface area contributed by atoms with Gasteiger partial charge < -0.3 is 14.7 Å². The zero-order valence-corrected chi connectivity index (χ0v) is 11.4. The normalized spacial score (nSPS) is 10.4. The summed E-state index contributed by atoms with van der Waals surface area (Å²) in [4.78, 5) is 13.8. The number of carbonyl (C=O) groups is 1. The Kier molecular flexibility index (Phi) is 5.95. The molecule has 4 nitrogen and oxygen atoms in total. The number of halogens is 1. The Morgan fingerprint density at radius 2 is 2.17 bits per heavy atom. The van der Waals surface area contributed by atoms with Crippen LogP contribution in [0.3, 0.4) is 0 Å². The van der Waals surface area contributed by atoms with Crippen molar-refractivity contribution in [2.75, 3.05) is 26.3 Å². The molecule has 0 aliphatic carbocycles. The summed E-state index contributed by atoms with van der Waals surface area (Å²) in [6.07, 6.45) is 0. The number of ether oxygens (including phenoxy) is 1. The lowest BCUT2D eigenvalue weighted by molar-refractivity contribution is 0.0669. The largest absolute Gasteiger partial charge is 0.506 e. The van der Waals surface area contributed by atoms with E-state index in [1.807, 2.05) is 13.8 Å². The van der Waals surface area contributed by atoms with Crippen LogP contribution >= 0.6 is 11.6 Å². The minimum atomic E-state index is -0.112. The highest BCUT2D eigenvalue weighted by atomic mass is 35.5. The van der Waals surface area contributed by atoms with Gasteiger partial charge in [0.25, 0.3) is 5.91 Å². The van der Waals surface area contributed by atoms with E-state index < -0.39 is 0 Å². The Balaban J connectivity index is 2.73. The fraction of sp³-hybridized carbons (Fsp3) is 0.462.